The molecule has 21 heavy (non-hydrogen) atoms. The van der Waals surface area contributed by atoms with Crippen molar-refractivity contribution >= 4 is 33.3 Å². The molecule has 104 valence electrons. The molecule has 0 saturated carbocycles. The highest BCUT2D eigenvalue weighted by Crippen LogP contribution is 2.31. The van der Waals surface area contributed by atoms with E-state index in [1.165, 1.54) is 0 Å². The van der Waals surface area contributed by atoms with E-state index in [4.69, 9.17) is 8.94 Å². The first-order valence-corrected chi connectivity index (χ1v) is 8.07. The lowest BCUT2D eigenvalue weighted by molar-refractivity contribution is 0.413. The molecule has 0 spiro atoms. The van der Waals surface area contributed by atoms with Gasteiger partial charge in [0, 0.05) is 11.8 Å². The van der Waals surface area contributed by atoms with E-state index in [0.717, 1.165) is 20.9 Å². The molecule has 0 amide bonds. The maximum atomic E-state index is 5.28. The fourth-order valence-corrected chi connectivity index (χ4v) is 3.75. The number of rotatable bonds is 4. The van der Waals surface area contributed by atoms with E-state index in [1.54, 1.807) is 35.7 Å². The van der Waals surface area contributed by atoms with Gasteiger partial charge in [-0.3, -0.25) is 0 Å². The van der Waals surface area contributed by atoms with Crippen molar-refractivity contribution in [3.8, 4) is 11.5 Å². The second kappa shape index (κ2) is 5.34. The van der Waals surface area contributed by atoms with E-state index in [0.29, 0.717) is 17.3 Å². The van der Waals surface area contributed by atoms with Gasteiger partial charge in [-0.05, 0) is 23.6 Å². The van der Waals surface area contributed by atoms with Gasteiger partial charge in [0.1, 0.15) is 11.4 Å². The summed E-state index contributed by atoms with van der Waals surface area (Å²) in [4.78, 5) is 8.57. The molecular formula is C14H9N3O2S2. The number of aromatic nitrogens is 3. The molecule has 4 aromatic heterocycles. The van der Waals surface area contributed by atoms with Crippen LogP contribution in [0.1, 0.15) is 5.69 Å². The zero-order valence-electron chi connectivity index (χ0n) is 10.7. The highest BCUT2D eigenvalue weighted by molar-refractivity contribution is 7.98. The van der Waals surface area contributed by atoms with Crippen LogP contribution in [0.5, 0.6) is 0 Å². The van der Waals surface area contributed by atoms with E-state index in [1.807, 2.05) is 29.6 Å². The van der Waals surface area contributed by atoms with Gasteiger partial charge >= 0.3 is 0 Å². The summed E-state index contributed by atoms with van der Waals surface area (Å²) in [6.07, 6.45) is 3.20. The zero-order valence-corrected chi connectivity index (χ0v) is 12.4. The molecule has 4 heterocycles. The van der Waals surface area contributed by atoms with Gasteiger partial charge in [-0.25, -0.2) is 9.97 Å². The number of nitrogens with zero attached hydrogens (tertiary/aromatic N) is 3. The Hall–Kier alpha value is -2.12. The Balaban J connectivity index is 1.53. The fraction of sp³-hybridized carbons (Fsp3) is 0.0714. The molecule has 0 unspecified atom stereocenters. The van der Waals surface area contributed by atoms with Crippen LogP contribution in [0.25, 0.3) is 21.7 Å². The first-order chi connectivity index (χ1) is 10.4. The summed E-state index contributed by atoms with van der Waals surface area (Å²) in [5.74, 6) is 2.01. The van der Waals surface area contributed by atoms with Crippen molar-refractivity contribution in [2.24, 2.45) is 0 Å². The van der Waals surface area contributed by atoms with Crippen molar-refractivity contribution in [2.75, 3.05) is 0 Å². The number of fused-ring (bicyclic) bond motifs is 1. The number of thioether (sulfide) groups is 1. The predicted octanol–water partition coefficient (Wildman–Crippen LogP) is 4.23. The third-order valence-electron chi connectivity index (χ3n) is 2.89. The Morgan fingerprint density at radius 3 is 3.10 bits per heavy atom. The molecular weight excluding hydrogens is 306 g/mol. The van der Waals surface area contributed by atoms with E-state index in [9.17, 15) is 0 Å². The standard InChI is InChI=1S/C14H9N3O2S2/c1-2-11(18-4-1)12-6-9(17-19-12)7-21-14-13-10(3-5-20-13)15-8-16-14/h1-6,8H,7H2. The average molecular weight is 315 g/mol. The Labute approximate surface area is 128 Å². The van der Waals surface area contributed by atoms with Crippen molar-refractivity contribution in [1.82, 2.24) is 15.1 Å². The molecule has 0 aliphatic heterocycles. The molecule has 0 aromatic carbocycles. The summed E-state index contributed by atoms with van der Waals surface area (Å²) in [5.41, 5.74) is 1.84. The molecule has 0 saturated heterocycles. The van der Waals surface area contributed by atoms with Crippen LogP contribution in [-0.2, 0) is 5.75 Å². The van der Waals surface area contributed by atoms with E-state index in [-0.39, 0.29) is 0 Å². The van der Waals surface area contributed by atoms with Crippen LogP contribution in [0.2, 0.25) is 0 Å². The Kier molecular flexibility index (Phi) is 3.21. The fourth-order valence-electron chi connectivity index (χ4n) is 1.93. The van der Waals surface area contributed by atoms with Gasteiger partial charge in [0.15, 0.2) is 5.76 Å². The second-order valence-electron chi connectivity index (χ2n) is 4.26. The normalized spacial score (nSPS) is 11.2. The third-order valence-corrected chi connectivity index (χ3v) is 4.95. The van der Waals surface area contributed by atoms with Crippen LogP contribution in [0.15, 0.2) is 56.2 Å². The van der Waals surface area contributed by atoms with Crippen LogP contribution in [-0.4, -0.2) is 15.1 Å². The zero-order chi connectivity index (χ0) is 14.1. The molecule has 5 nitrogen and oxygen atoms in total. The lowest BCUT2D eigenvalue weighted by atomic mass is 10.3. The van der Waals surface area contributed by atoms with Crippen LogP contribution in [0, 0.1) is 0 Å². The van der Waals surface area contributed by atoms with Gasteiger partial charge in [0.05, 0.1) is 22.2 Å². The van der Waals surface area contributed by atoms with Crippen LogP contribution >= 0.6 is 23.1 Å². The molecule has 7 heteroatoms. The molecule has 0 aliphatic carbocycles. The monoisotopic (exact) mass is 315 g/mol. The third kappa shape index (κ3) is 2.45. The lowest BCUT2D eigenvalue weighted by Gasteiger charge is -1.98. The first kappa shape index (κ1) is 12.6. The van der Waals surface area contributed by atoms with Gasteiger partial charge in [-0.15, -0.1) is 11.3 Å². The molecule has 0 bridgehead atoms. The summed E-state index contributed by atoms with van der Waals surface area (Å²) < 4.78 is 11.7. The number of thiophene rings is 1. The van der Waals surface area contributed by atoms with Crippen LogP contribution in [0.4, 0.5) is 0 Å². The molecule has 0 radical (unpaired) electrons. The molecule has 0 N–H and O–H groups in total. The smallest absolute Gasteiger partial charge is 0.202 e. The molecule has 0 atom stereocenters. The maximum absolute atomic E-state index is 5.28. The van der Waals surface area contributed by atoms with Gasteiger partial charge in [0.2, 0.25) is 5.76 Å². The Morgan fingerprint density at radius 1 is 1.19 bits per heavy atom. The molecule has 0 fully saturated rings. The van der Waals surface area contributed by atoms with Crippen LogP contribution < -0.4 is 0 Å². The van der Waals surface area contributed by atoms with Crippen molar-refractivity contribution in [3.05, 3.63) is 47.9 Å². The van der Waals surface area contributed by atoms with E-state index < -0.39 is 0 Å². The quantitative estimate of drug-likeness (QED) is 0.415. The van der Waals surface area contributed by atoms with E-state index in [2.05, 4.69) is 15.1 Å². The number of furan rings is 1. The van der Waals surface area contributed by atoms with Crippen LogP contribution in [0.3, 0.4) is 0 Å². The summed E-state index contributed by atoms with van der Waals surface area (Å²) in [7, 11) is 0. The number of hydrogen-bond acceptors (Lipinski definition) is 7. The summed E-state index contributed by atoms with van der Waals surface area (Å²) in [5, 5.41) is 7.05. The SMILES string of the molecule is c1coc(-c2cc(CSc3ncnc4ccsc34)no2)c1. The van der Waals surface area contributed by atoms with Gasteiger partial charge in [-0.1, -0.05) is 16.9 Å². The second-order valence-corrected chi connectivity index (χ2v) is 6.14. The Morgan fingerprint density at radius 2 is 2.19 bits per heavy atom. The average Bonchev–Trinajstić information content (AvgIpc) is 3.23. The predicted molar refractivity (Wildman–Crippen MR) is 81.2 cm³/mol. The van der Waals surface area contributed by atoms with Crippen molar-refractivity contribution < 1.29 is 8.94 Å². The van der Waals surface area contributed by atoms with Crippen molar-refractivity contribution in [1.29, 1.82) is 0 Å². The summed E-state index contributed by atoms with van der Waals surface area (Å²) >= 11 is 3.27. The molecule has 4 aromatic rings. The lowest BCUT2D eigenvalue weighted by Crippen LogP contribution is -1.85. The molecule has 4 rings (SSSR count). The van der Waals surface area contributed by atoms with Gasteiger partial charge in [-0.2, -0.15) is 0 Å². The van der Waals surface area contributed by atoms with Crippen molar-refractivity contribution in [3.63, 3.8) is 0 Å². The Bertz CT molecular complexity index is 867. The maximum Gasteiger partial charge on any atom is 0.202 e. The first-order valence-electron chi connectivity index (χ1n) is 6.20. The topological polar surface area (TPSA) is 65.0 Å². The molecule has 0 aliphatic rings. The summed E-state index contributed by atoms with van der Waals surface area (Å²) in [6.45, 7) is 0. The minimum atomic E-state index is 0.638. The highest BCUT2D eigenvalue weighted by atomic mass is 32.2. The van der Waals surface area contributed by atoms with Gasteiger partial charge < -0.3 is 8.94 Å². The van der Waals surface area contributed by atoms with E-state index >= 15 is 0 Å². The minimum absolute atomic E-state index is 0.638. The van der Waals surface area contributed by atoms with Crippen molar-refractivity contribution in [2.45, 2.75) is 10.8 Å². The highest BCUT2D eigenvalue weighted by Gasteiger charge is 2.11. The minimum Gasteiger partial charge on any atom is -0.461 e. The largest absolute Gasteiger partial charge is 0.461 e. The number of hydrogen-bond donors (Lipinski definition) is 0. The van der Waals surface area contributed by atoms with Gasteiger partial charge in [0.25, 0.3) is 0 Å². The summed E-state index contributed by atoms with van der Waals surface area (Å²) in [6, 6.07) is 7.55.